The summed E-state index contributed by atoms with van der Waals surface area (Å²) in [5, 5.41) is 11.3. The molecule has 0 aromatic heterocycles. The molecule has 1 amide bonds. The normalized spacial score (nSPS) is 16.2. The molecule has 1 aromatic carbocycles. The number of carbonyl (C=O) groups is 2. The summed E-state index contributed by atoms with van der Waals surface area (Å²) in [6.07, 6.45) is 1.00. The van der Waals surface area contributed by atoms with E-state index in [-0.39, 0.29) is 12.2 Å². The van der Waals surface area contributed by atoms with Crippen molar-refractivity contribution in [1.29, 1.82) is 0 Å². The number of carboxylic acids is 1. The van der Waals surface area contributed by atoms with Crippen LogP contribution in [0.25, 0.3) is 0 Å². The Morgan fingerprint density at radius 1 is 1.19 bits per heavy atom. The fourth-order valence-electron chi connectivity index (χ4n) is 2.31. The van der Waals surface area contributed by atoms with Gasteiger partial charge in [0.05, 0.1) is 12.2 Å². The van der Waals surface area contributed by atoms with Gasteiger partial charge in [-0.15, -0.1) is 0 Å². The van der Waals surface area contributed by atoms with Gasteiger partial charge in [-0.05, 0) is 30.4 Å². The Balaban J connectivity index is 1.92. The number of nitrogens with one attached hydrogen (secondary N) is 1. The second-order valence-corrected chi connectivity index (χ2v) is 7.58. The Morgan fingerprint density at radius 3 is 2.33 bits per heavy atom. The number of amides is 1. The van der Waals surface area contributed by atoms with Crippen molar-refractivity contribution in [2.24, 2.45) is 5.41 Å². The topological polar surface area (TPSA) is 101 Å². The van der Waals surface area contributed by atoms with Gasteiger partial charge in [-0.25, -0.2) is 8.42 Å². The first-order valence-corrected chi connectivity index (χ1v) is 8.40. The molecule has 0 unspecified atom stereocenters. The third-order valence-corrected chi connectivity index (χ3v) is 5.17. The molecule has 0 radical (unpaired) electrons. The first-order valence-electron chi connectivity index (χ1n) is 6.57. The zero-order chi connectivity index (χ0) is 15.5. The molecule has 114 valence electrons. The highest BCUT2D eigenvalue weighted by Crippen LogP contribution is 2.49. The molecule has 1 aliphatic rings. The number of carboxylic acid groups (broad SMARTS) is 1. The van der Waals surface area contributed by atoms with E-state index >= 15 is 0 Å². The first kappa shape index (κ1) is 15.5. The van der Waals surface area contributed by atoms with Crippen LogP contribution >= 0.6 is 0 Å². The van der Waals surface area contributed by atoms with Crippen molar-refractivity contribution in [3.8, 4) is 0 Å². The predicted molar refractivity (Wildman–Crippen MR) is 77.6 cm³/mol. The Hall–Kier alpha value is -1.89. The van der Waals surface area contributed by atoms with E-state index in [0.717, 1.165) is 0 Å². The van der Waals surface area contributed by atoms with E-state index < -0.39 is 32.9 Å². The molecule has 7 heteroatoms. The van der Waals surface area contributed by atoms with Crippen LogP contribution in [-0.4, -0.2) is 36.9 Å². The molecule has 0 aliphatic heterocycles. The SMILES string of the molecule is O=C(O)CC1(CS(=O)(=O)CC(=O)Nc2ccccc2)CC1. The molecule has 1 aliphatic carbocycles. The van der Waals surface area contributed by atoms with Crippen LogP contribution in [0.4, 0.5) is 5.69 Å². The molecule has 0 bridgehead atoms. The lowest BCUT2D eigenvalue weighted by Crippen LogP contribution is -2.29. The predicted octanol–water partition coefficient (Wildman–Crippen LogP) is 1.29. The van der Waals surface area contributed by atoms with Gasteiger partial charge in [0.1, 0.15) is 5.75 Å². The highest BCUT2D eigenvalue weighted by atomic mass is 32.2. The van der Waals surface area contributed by atoms with Gasteiger partial charge in [0.25, 0.3) is 0 Å². The van der Waals surface area contributed by atoms with Crippen LogP contribution in [0.2, 0.25) is 0 Å². The number of anilines is 1. The number of para-hydroxylation sites is 1. The minimum absolute atomic E-state index is 0.160. The van der Waals surface area contributed by atoms with Gasteiger partial charge in [0, 0.05) is 5.69 Å². The maximum absolute atomic E-state index is 12.0. The average molecular weight is 311 g/mol. The van der Waals surface area contributed by atoms with Gasteiger partial charge in [-0.2, -0.15) is 0 Å². The van der Waals surface area contributed by atoms with Crippen LogP contribution in [0.5, 0.6) is 0 Å². The van der Waals surface area contributed by atoms with Crippen LogP contribution in [0.15, 0.2) is 30.3 Å². The smallest absolute Gasteiger partial charge is 0.303 e. The van der Waals surface area contributed by atoms with Gasteiger partial charge in [0.2, 0.25) is 5.91 Å². The highest BCUT2D eigenvalue weighted by Gasteiger charge is 2.47. The number of sulfone groups is 1. The molecule has 0 saturated heterocycles. The van der Waals surface area contributed by atoms with E-state index in [0.29, 0.717) is 18.5 Å². The van der Waals surface area contributed by atoms with E-state index in [1.54, 1.807) is 30.3 Å². The standard InChI is InChI=1S/C14H17NO5S/c16-12(15-11-4-2-1-3-5-11)9-21(19,20)10-14(6-7-14)8-13(17)18/h1-5H,6-10H2,(H,15,16)(H,17,18). The van der Waals surface area contributed by atoms with Crippen LogP contribution < -0.4 is 5.32 Å². The molecule has 0 spiro atoms. The van der Waals surface area contributed by atoms with Crippen LogP contribution in [-0.2, 0) is 19.4 Å². The molecule has 0 heterocycles. The Kier molecular flexibility index (Phi) is 4.32. The van der Waals surface area contributed by atoms with E-state index in [1.165, 1.54) is 0 Å². The van der Waals surface area contributed by atoms with E-state index in [2.05, 4.69) is 5.32 Å². The van der Waals surface area contributed by atoms with Crippen molar-refractivity contribution in [3.05, 3.63) is 30.3 Å². The second-order valence-electron chi connectivity index (χ2n) is 5.52. The van der Waals surface area contributed by atoms with E-state index in [4.69, 9.17) is 5.11 Å². The largest absolute Gasteiger partial charge is 0.481 e. The summed E-state index contributed by atoms with van der Waals surface area (Å²) in [4.78, 5) is 22.5. The number of rotatable bonds is 7. The highest BCUT2D eigenvalue weighted by molar-refractivity contribution is 7.92. The third kappa shape index (κ3) is 4.86. The van der Waals surface area contributed by atoms with E-state index in [1.807, 2.05) is 0 Å². The molecule has 1 fully saturated rings. The summed E-state index contributed by atoms with van der Waals surface area (Å²) in [5.41, 5.74) is -0.137. The maximum atomic E-state index is 12.0. The lowest BCUT2D eigenvalue weighted by molar-refractivity contribution is -0.138. The third-order valence-electron chi connectivity index (χ3n) is 3.42. The number of carbonyl (C=O) groups excluding carboxylic acids is 1. The summed E-state index contributed by atoms with van der Waals surface area (Å²) in [7, 11) is -3.62. The summed E-state index contributed by atoms with van der Waals surface area (Å²) < 4.78 is 24.0. The summed E-state index contributed by atoms with van der Waals surface area (Å²) >= 11 is 0. The van der Waals surface area contributed by atoms with Gasteiger partial charge in [0.15, 0.2) is 9.84 Å². The molecular weight excluding hydrogens is 294 g/mol. The minimum atomic E-state index is -3.62. The van der Waals surface area contributed by atoms with E-state index in [9.17, 15) is 18.0 Å². The molecule has 0 atom stereocenters. The maximum Gasteiger partial charge on any atom is 0.303 e. The van der Waals surface area contributed by atoms with Crippen molar-refractivity contribution in [1.82, 2.24) is 0 Å². The molecule has 2 N–H and O–H groups in total. The number of aliphatic carboxylic acids is 1. The molecule has 6 nitrogen and oxygen atoms in total. The summed E-state index contributed by atoms with van der Waals surface area (Å²) in [5.74, 6) is -2.47. The van der Waals surface area contributed by atoms with Crippen LogP contribution in [0.3, 0.4) is 0 Å². The van der Waals surface area contributed by atoms with Crippen molar-refractivity contribution < 1.29 is 23.1 Å². The number of hydrogen-bond acceptors (Lipinski definition) is 4. The van der Waals surface area contributed by atoms with Gasteiger partial charge in [-0.1, -0.05) is 18.2 Å². The van der Waals surface area contributed by atoms with Crippen LogP contribution in [0, 0.1) is 5.41 Å². The van der Waals surface area contributed by atoms with Crippen molar-refractivity contribution >= 4 is 27.4 Å². The lowest BCUT2D eigenvalue weighted by Gasteiger charge is -2.12. The summed E-state index contributed by atoms with van der Waals surface area (Å²) in [6.45, 7) is 0. The molecule has 1 aromatic rings. The van der Waals surface area contributed by atoms with Gasteiger partial charge < -0.3 is 10.4 Å². The number of hydrogen-bond donors (Lipinski definition) is 2. The van der Waals surface area contributed by atoms with Crippen molar-refractivity contribution in [2.45, 2.75) is 19.3 Å². The fraction of sp³-hybridized carbons (Fsp3) is 0.429. The average Bonchev–Trinajstić information content (AvgIpc) is 3.06. The Labute approximate surface area is 123 Å². The first-order chi connectivity index (χ1) is 9.80. The molecule has 21 heavy (non-hydrogen) atoms. The van der Waals surface area contributed by atoms with Crippen molar-refractivity contribution in [3.63, 3.8) is 0 Å². The molecule has 1 saturated carbocycles. The van der Waals surface area contributed by atoms with Crippen molar-refractivity contribution in [2.75, 3.05) is 16.8 Å². The monoisotopic (exact) mass is 311 g/mol. The lowest BCUT2D eigenvalue weighted by atomic mass is 10.1. The number of benzene rings is 1. The zero-order valence-corrected chi connectivity index (χ0v) is 12.2. The molecule has 2 rings (SSSR count). The molecular formula is C14H17NO5S. The minimum Gasteiger partial charge on any atom is -0.481 e. The summed E-state index contributed by atoms with van der Waals surface area (Å²) in [6, 6.07) is 8.58. The second kappa shape index (κ2) is 5.85. The van der Waals surface area contributed by atoms with Gasteiger partial charge in [-0.3, -0.25) is 9.59 Å². The Morgan fingerprint density at radius 2 is 1.81 bits per heavy atom. The Bertz CT molecular complexity index is 635. The van der Waals surface area contributed by atoms with Crippen LogP contribution in [0.1, 0.15) is 19.3 Å². The van der Waals surface area contributed by atoms with Gasteiger partial charge >= 0.3 is 5.97 Å². The quantitative estimate of drug-likeness (QED) is 0.790. The fourth-order valence-corrected chi connectivity index (χ4v) is 4.20. The zero-order valence-electron chi connectivity index (χ0n) is 11.4.